The number of amides is 1. The lowest BCUT2D eigenvalue weighted by molar-refractivity contribution is 0.103. The number of hydrogen-bond acceptors (Lipinski definition) is 6. The topological polar surface area (TPSA) is 97.9 Å². The zero-order valence-electron chi connectivity index (χ0n) is 11.0. The molecule has 0 unspecified atom stereocenters. The Kier molecular flexibility index (Phi) is 3.70. The van der Waals surface area contributed by atoms with Crippen LogP contribution in [0.15, 0.2) is 6.20 Å². The molecule has 0 aliphatic carbocycles. The maximum Gasteiger partial charge on any atom is 0.269 e. The molecule has 1 amide bonds. The van der Waals surface area contributed by atoms with Gasteiger partial charge in [0.05, 0.1) is 11.4 Å². The number of carbonyl (C=O) groups excluding carboxylic acids is 1. The quantitative estimate of drug-likeness (QED) is 0.784. The summed E-state index contributed by atoms with van der Waals surface area (Å²) in [5, 5.41) is 10.6. The smallest absolute Gasteiger partial charge is 0.269 e. The average molecular weight is 280 g/mol. The second kappa shape index (κ2) is 5.27. The van der Waals surface area contributed by atoms with Crippen LogP contribution in [0.25, 0.3) is 0 Å². The molecule has 0 aliphatic heterocycles. The van der Waals surface area contributed by atoms with E-state index >= 15 is 0 Å². The maximum atomic E-state index is 12.2. The highest BCUT2D eigenvalue weighted by molar-refractivity contribution is 7.18. The van der Waals surface area contributed by atoms with Crippen molar-refractivity contribution in [3.63, 3.8) is 0 Å². The van der Waals surface area contributed by atoms with Crippen LogP contribution < -0.4 is 16.4 Å². The largest absolute Gasteiger partial charge is 0.382 e. The molecule has 4 N–H and O–H groups in total. The van der Waals surface area contributed by atoms with E-state index < -0.39 is 0 Å². The van der Waals surface area contributed by atoms with Crippen LogP contribution in [0.4, 0.5) is 16.6 Å². The molecule has 102 valence electrons. The molecule has 8 heteroatoms. The van der Waals surface area contributed by atoms with Crippen molar-refractivity contribution >= 4 is 33.9 Å². The fraction of sp³-hybridized carbons (Fsp3) is 0.364. The van der Waals surface area contributed by atoms with E-state index in [1.54, 1.807) is 17.9 Å². The van der Waals surface area contributed by atoms with Crippen LogP contribution >= 0.6 is 11.3 Å². The van der Waals surface area contributed by atoms with Gasteiger partial charge in [0.25, 0.3) is 5.91 Å². The Labute approximate surface area is 114 Å². The van der Waals surface area contributed by atoms with Gasteiger partial charge in [-0.05, 0) is 6.42 Å². The van der Waals surface area contributed by atoms with Crippen molar-refractivity contribution in [2.45, 2.75) is 13.3 Å². The zero-order valence-corrected chi connectivity index (χ0v) is 11.8. The molecular formula is C11H16N6OS. The Balaban J connectivity index is 2.22. The molecule has 7 nitrogen and oxygen atoms in total. The first-order valence-corrected chi connectivity index (χ1v) is 6.64. The van der Waals surface area contributed by atoms with Crippen LogP contribution in [0.5, 0.6) is 0 Å². The van der Waals surface area contributed by atoms with Crippen molar-refractivity contribution in [1.29, 1.82) is 0 Å². The van der Waals surface area contributed by atoms with Gasteiger partial charge in [-0.15, -0.1) is 0 Å². The minimum atomic E-state index is -0.265. The molecule has 0 fully saturated rings. The van der Waals surface area contributed by atoms with Crippen molar-refractivity contribution < 1.29 is 4.79 Å². The average Bonchev–Trinajstić information content (AvgIpc) is 2.92. The van der Waals surface area contributed by atoms with Gasteiger partial charge in [0.1, 0.15) is 10.7 Å². The second-order valence-electron chi connectivity index (χ2n) is 3.95. The van der Waals surface area contributed by atoms with Crippen LogP contribution in [-0.2, 0) is 13.5 Å². The number of aryl methyl sites for hydroxylation is 2. The van der Waals surface area contributed by atoms with E-state index in [0.29, 0.717) is 15.7 Å². The van der Waals surface area contributed by atoms with Gasteiger partial charge in [-0.25, -0.2) is 4.98 Å². The molecule has 2 heterocycles. The summed E-state index contributed by atoms with van der Waals surface area (Å²) in [7, 11) is 3.55. The number of nitrogens with one attached hydrogen (secondary N) is 2. The third-order valence-corrected chi connectivity index (χ3v) is 3.65. The first-order valence-electron chi connectivity index (χ1n) is 5.83. The number of anilines is 3. The summed E-state index contributed by atoms with van der Waals surface area (Å²) in [6.07, 6.45) is 2.52. The normalized spacial score (nSPS) is 10.5. The van der Waals surface area contributed by atoms with Crippen molar-refractivity contribution in [2.24, 2.45) is 7.05 Å². The van der Waals surface area contributed by atoms with E-state index in [1.165, 1.54) is 11.3 Å². The number of nitrogens with two attached hydrogens (primary N) is 1. The van der Waals surface area contributed by atoms with Gasteiger partial charge >= 0.3 is 0 Å². The summed E-state index contributed by atoms with van der Waals surface area (Å²) in [5.74, 6) is -0.0343. The third kappa shape index (κ3) is 2.68. The number of thiazole rings is 1. The SMILES string of the molecule is CCc1nn(C)cc1NC(=O)c1sc(NC)nc1N. The van der Waals surface area contributed by atoms with Crippen LogP contribution in [-0.4, -0.2) is 27.7 Å². The molecule has 0 spiro atoms. The third-order valence-electron chi connectivity index (χ3n) is 2.56. The predicted octanol–water partition coefficient (Wildman–Crippen LogP) is 1.32. The number of nitrogen functional groups attached to an aromatic ring is 1. The van der Waals surface area contributed by atoms with Crippen LogP contribution in [0, 0.1) is 0 Å². The molecule has 2 aromatic rings. The van der Waals surface area contributed by atoms with E-state index in [-0.39, 0.29) is 11.7 Å². The number of aromatic nitrogens is 3. The predicted molar refractivity (Wildman–Crippen MR) is 76.6 cm³/mol. The van der Waals surface area contributed by atoms with E-state index in [0.717, 1.165) is 12.1 Å². The van der Waals surface area contributed by atoms with Crippen molar-refractivity contribution in [3.8, 4) is 0 Å². The van der Waals surface area contributed by atoms with Crippen LogP contribution in [0.3, 0.4) is 0 Å². The molecule has 0 bridgehead atoms. The minimum absolute atomic E-state index is 0.230. The summed E-state index contributed by atoms with van der Waals surface area (Å²) in [5.41, 5.74) is 7.27. The van der Waals surface area contributed by atoms with Crippen molar-refractivity contribution in [1.82, 2.24) is 14.8 Å². The summed E-state index contributed by atoms with van der Waals surface area (Å²) in [6, 6.07) is 0. The van der Waals surface area contributed by atoms with Gasteiger partial charge in [-0.3, -0.25) is 9.48 Å². The fourth-order valence-corrected chi connectivity index (χ4v) is 2.41. The highest BCUT2D eigenvalue weighted by atomic mass is 32.1. The Bertz CT molecular complexity index is 602. The fourth-order valence-electron chi connectivity index (χ4n) is 1.68. The van der Waals surface area contributed by atoms with Gasteiger partial charge in [0.15, 0.2) is 5.13 Å². The zero-order chi connectivity index (χ0) is 14.0. The Morgan fingerprint density at radius 3 is 2.89 bits per heavy atom. The van der Waals surface area contributed by atoms with Gasteiger partial charge in [-0.2, -0.15) is 5.10 Å². The Morgan fingerprint density at radius 1 is 1.58 bits per heavy atom. The second-order valence-corrected chi connectivity index (χ2v) is 4.95. The summed E-state index contributed by atoms with van der Waals surface area (Å²) in [4.78, 5) is 16.6. The van der Waals surface area contributed by atoms with E-state index in [1.807, 2.05) is 14.0 Å². The lowest BCUT2D eigenvalue weighted by Crippen LogP contribution is -2.12. The lowest BCUT2D eigenvalue weighted by atomic mass is 10.3. The van der Waals surface area contributed by atoms with Gasteiger partial charge < -0.3 is 16.4 Å². The highest BCUT2D eigenvalue weighted by Gasteiger charge is 2.17. The number of hydrogen-bond donors (Lipinski definition) is 3. The van der Waals surface area contributed by atoms with E-state index in [2.05, 4.69) is 20.7 Å². The molecule has 0 saturated carbocycles. The summed E-state index contributed by atoms with van der Waals surface area (Å²) in [6.45, 7) is 1.98. The molecule has 0 saturated heterocycles. The number of carbonyl (C=O) groups is 1. The Hall–Kier alpha value is -2.09. The van der Waals surface area contributed by atoms with Gasteiger partial charge in [0.2, 0.25) is 0 Å². The van der Waals surface area contributed by atoms with Crippen LogP contribution in [0.1, 0.15) is 22.3 Å². The van der Waals surface area contributed by atoms with Gasteiger partial charge in [0, 0.05) is 20.3 Å². The first kappa shape index (κ1) is 13.3. The molecule has 19 heavy (non-hydrogen) atoms. The first-order chi connectivity index (χ1) is 9.05. The monoisotopic (exact) mass is 280 g/mol. The standard InChI is InChI=1S/C11H16N6OS/c1-4-6-7(5-17(3)16-6)14-10(18)8-9(12)15-11(13-2)19-8/h5H,4,12H2,1-3H3,(H,13,15)(H,14,18). The molecular weight excluding hydrogens is 264 g/mol. The summed E-state index contributed by atoms with van der Waals surface area (Å²) < 4.78 is 1.67. The lowest BCUT2D eigenvalue weighted by Gasteiger charge is -2.02. The minimum Gasteiger partial charge on any atom is -0.382 e. The number of rotatable bonds is 4. The molecule has 2 rings (SSSR count). The molecule has 0 radical (unpaired) electrons. The maximum absolute atomic E-state index is 12.2. The Morgan fingerprint density at radius 2 is 2.32 bits per heavy atom. The molecule has 2 aromatic heterocycles. The molecule has 0 aliphatic rings. The highest BCUT2D eigenvalue weighted by Crippen LogP contribution is 2.26. The van der Waals surface area contributed by atoms with Crippen molar-refractivity contribution in [3.05, 3.63) is 16.8 Å². The van der Waals surface area contributed by atoms with Gasteiger partial charge in [-0.1, -0.05) is 18.3 Å². The molecule has 0 aromatic carbocycles. The summed E-state index contributed by atoms with van der Waals surface area (Å²) >= 11 is 1.22. The van der Waals surface area contributed by atoms with Crippen LogP contribution in [0.2, 0.25) is 0 Å². The van der Waals surface area contributed by atoms with E-state index in [4.69, 9.17) is 5.73 Å². The number of nitrogens with zero attached hydrogens (tertiary/aromatic N) is 3. The molecule has 0 atom stereocenters. The van der Waals surface area contributed by atoms with E-state index in [9.17, 15) is 4.79 Å². The van der Waals surface area contributed by atoms with Crippen molar-refractivity contribution in [2.75, 3.05) is 23.4 Å².